The van der Waals surface area contributed by atoms with E-state index in [1.807, 2.05) is 11.0 Å². The lowest BCUT2D eigenvalue weighted by molar-refractivity contribution is -0.384. The van der Waals surface area contributed by atoms with Crippen molar-refractivity contribution in [1.29, 1.82) is 0 Å². The summed E-state index contributed by atoms with van der Waals surface area (Å²) in [5.74, 6) is 0.695. The minimum Gasteiger partial charge on any atom is -0.362 e. The fourth-order valence-electron chi connectivity index (χ4n) is 7.96. The minimum atomic E-state index is -0.339. The Kier molecular flexibility index (Phi) is 4.40. The van der Waals surface area contributed by atoms with Gasteiger partial charge in [-0.1, -0.05) is 19.9 Å². The third kappa shape index (κ3) is 3.18. The lowest BCUT2D eigenvalue weighted by atomic mass is 9.40. The summed E-state index contributed by atoms with van der Waals surface area (Å²) in [4.78, 5) is 27.2. The number of rotatable bonds is 4. The Labute approximate surface area is 177 Å². The second-order valence-electron chi connectivity index (χ2n) is 11.0. The third-order valence-corrected chi connectivity index (χ3v) is 8.00. The van der Waals surface area contributed by atoms with Crippen molar-refractivity contribution >= 4 is 23.0 Å². The molecular weight excluding hydrogens is 380 g/mol. The molecular formula is C23H32N4O3. The number of nitrogens with zero attached hydrogens (tertiary/aromatic N) is 2. The van der Waals surface area contributed by atoms with Crippen molar-refractivity contribution in [1.82, 2.24) is 5.32 Å². The number of hydrogen-bond donors (Lipinski definition) is 2. The number of carbonyl (C=O) groups is 1. The number of amides is 1. The molecule has 7 nitrogen and oxygen atoms in total. The quantitative estimate of drug-likeness (QED) is 0.578. The average molecular weight is 413 g/mol. The van der Waals surface area contributed by atoms with Gasteiger partial charge in [-0.3, -0.25) is 14.9 Å². The molecule has 1 aliphatic heterocycles. The summed E-state index contributed by atoms with van der Waals surface area (Å²) in [6.07, 6.45) is 6.53. The van der Waals surface area contributed by atoms with E-state index in [4.69, 9.17) is 0 Å². The second kappa shape index (κ2) is 6.67. The van der Waals surface area contributed by atoms with E-state index in [1.165, 1.54) is 19.3 Å². The van der Waals surface area contributed by atoms with Gasteiger partial charge in [0.15, 0.2) is 0 Å². The Morgan fingerprint density at radius 1 is 1.13 bits per heavy atom. The lowest BCUT2D eigenvalue weighted by Gasteiger charge is -2.64. The fraction of sp³-hybridized carbons (Fsp3) is 0.696. The molecule has 6 rings (SSSR count). The first-order valence-corrected chi connectivity index (χ1v) is 11.3. The Bertz CT molecular complexity index is 876. The lowest BCUT2D eigenvalue weighted by Crippen LogP contribution is -2.58. The van der Waals surface area contributed by atoms with Crippen LogP contribution >= 0.6 is 0 Å². The molecule has 5 fully saturated rings. The van der Waals surface area contributed by atoms with Crippen LogP contribution in [-0.2, 0) is 4.79 Å². The number of benzene rings is 1. The predicted octanol–water partition coefficient (Wildman–Crippen LogP) is 3.94. The predicted molar refractivity (Wildman–Crippen MR) is 117 cm³/mol. The molecule has 0 aromatic heterocycles. The van der Waals surface area contributed by atoms with Gasteiger partial charge in [0, 0.05) is 32.2 Å². The van der Waals surface area contributed by atoms with E-state index < -0.39 is 0 Å². The van der Waals surface area contributed by atoms with Gasteiger partial charge in [-0.15, -0.1) is 0 Å². The number of hydrogen-bond acceptors (Lipinski definition) is 5. The van der Waals surface area contributed by atoms with E-state index >= 15 is 0 Å². The maximum atomic E-state index is 13.8. The van der Waals surface area contributed by atoms with Crippen LogP contribution in [-0.4, -0.2) is 37.0 Å². The SMILES string of the molecule is CC12CC3CC(C)(C1)CC(C(=O)Nc1cccc([N+](=O)[O-])c1N1CCNCC1)(C3)C2. The largest absolute Gasteiger partial charge is 0.362 e. The van der Waals surface area contributed by atoms with Crippen LogP contribution in [0.5, 0.6) is 0 Å². The molecule has 0 radical (unpaired) electrons. The number of anilines is 2. The molecule has 1 heterocycles. The molecule has 162 valence electrons. The van der Waals surface area contributed by atoms with Crippen molar-refractivity contribution < 1.29 is 9.72 Å². The highest BCUT2D eigenvalue weighted by Crippen LogP contribution is 2.69. The van der Waals surface area contributed by atoms with Crippen LogP contribution < -0.4 is 15.5 Å². The highest BCUT2D eigenvalue weighted by atomic mass is 16.6. The molecule has 2 unspecified atom stereocenters. The van der Waals surface area contributed by atoms with E-state index in [0.29, 0.717) is 30.4 Å². The molecule has 7 heteroatoms. The summed E-state index contributed by atoms with van der Waals surface area (Å²) in [5.41, 5.74) is 1.36. The van der Waals surface area contributed by atoms with Gasteiger partial charge >= 0.3 is 0 Å². The van der Waals surface area contributed by atoms with E-state index in [-0.39, 0.29) is 32.8 Å². The molecule has 4 saturated carbocycles. The summed E-state index contributed by atoms with van der Waals surface area (Å²) in [7, 11) is 0. The number of nitro groups is 1. The maximum Gasteiger partial charge on any atom is 0.294 e. The topological polar surface area (TPSA) is 87.5 Å². The molecule has 1 saturated heterocycles. The van der Waals surface area contributed by atoms with E-state index in [0.717, 1.165) is 32.4 Å². The second-order valence-corrected chi connectivity index (χ2v) is 11.0. The van der Waals surface area contributed by atoms with Crippen LogP contribution in [0.25, 0.3) is 0 Å². The van der Waals surface area contributed by atoms with Gasteiger partial charge in [-0.25, -0.2) is 0 Å². The first-order valence-electron chi connectivity index (χ1n) is 11.3. The van der Waals surface area contributed by atoms with Gasteiger partial charge in [-0.2, -0.15) is 0 Å². The zero-order valence-corrected chi connectivity index (χ0v) is 18.0. The molecule has 4 aliphatic carbocycles. The van der Waals surface area contributed by atoms with E-state index in [1.54, 1.807) is 12.1 Å². The molecule has 30 heavy (non-hydrogen) atoms. The van der Waals surface area contributed by atoms with Gasteiger partial charge < -0.3 is 15.5 Å². The molecule has 1 aromatic carbocycles. The van der Waals surface area contributed by atoms with Gasteiger partial charge in [0.1, 0.15) is 5.69 Å². The monoisotopic (exact) mass is 412 g/mol. The zero-order chi connectivity index (χ0) is 21.1. The number of para-hydroxylation sites is 1. The highest BCUT2D eigenvalue weighted by Gasteiger charge is 2.62. The molecule has 1 amide bonds. The van der Waals surface area contributed by atoms with Crippen molar-refractivity contribution in [2.45, 2.75) is 52.4 Å². The van der Waals surface area contributed by atoms with Crippen molar-refractivity contribution in [3.05, 3.63) is 28.3 Å². The Morgan fingerprint density at radius 3 is 2.40 bits per heavy atom. The van der Waals surface area contributed by atoms with Crippen LogP contribution in [0.4, 0.5) is 17.1 Å². The van der Waals surface area contributed by atoms with Gasteiger partial charge in [-0.05, 0) is 61.3 Å². The van der Waals surface area contributed by atoms with Crippen molar-refractivity contribution in [2.24, 2.45) is 22.2 Å². The van der Waals surface area contributed by atoms with Crippen molar-refractivity contribution in [3.63, 3.8) is 0 Å². The van der Waals surface area contributed by atoms with Crippen LogP contribution in [0, 0.1) is 32.3 Å². The molecule has 1 aromatic rings. The van der Waals surface area contributed by atoms with Crippen LogP contribution in [0.15, 0.2) is 18.2 Å². The van der Waals surface area contributed by atoms with Crippen molar-refractivity contribution in [2.75, 3.05) is 36.4 Å². The maximum absolute atomic E-state index is 13.8. The molecule has 2 N–H and O–H groups in total. The molecule has 2 atom stereocenters. The highest BCUT2D eigenvalue weighted by molar-refractivity contribution is 6.00. The van der Waals surface area contributed by atoms with Crippen LogP contribution in [0.2, 0.25) is 0 Å². The number of nitro benzene ring substituents is 1. The zero-order valence-electron chi connectivity index (χ0n) is 18.0. The summed E-state index contributed by atoms with van der Waals surface area (Å²) in [6.45, 7) is 7.66. The summed E-state index contributed by atoms with van der Waals surface area (Å²) in [6, 6.07) is 5.05. The molecule has 5 aliphatic rings. The number of nitrogens with one attached hydrogen (secondary N) is 2. The van der Waals surface area contributed by atoms with Gasteiger partial charge in [0.2, 0.25) is 5.91 Å². The molecule has 4 bridgehead atoms. The van der Waals surface area contributed by atoms with Crippen molar-refractivity contribution in [3.8, 4) is 0 Å². The molecule has 0 spiro atoms. The number of carbonyl (C=O) groups excluding carboxylic acids is 1. The Balaban J connectivity index is 1.48. The van der Waals surface area contributed by atoms with E-state index in [2.05, 4.69) is 24.5 Å². The van der Waals surface area contributed by atoms with Gasteiger partial charge in [0.05, 0.1) is 16.0 Å². The fourth-order valence-corrected chi connectivity index (χ4v) is 7.96. The number of piperazine rings is 1. The summed E-state index contributed by atoms with van der Waals surface area (Å²) < 4.78 is 0. The average Bonchev–Trinajstić information content (AvgIpc) is 2.65. The Morgan fingerprint density at radius 2 is 1.80 bits per heavy atom. The summed E-state index contributed by atoms with van der Waals surface area (Å²) in [5, 5.41) is 18.2. The minimum absolute atomic E-state index is 0.0686. The van der Waals surface area contributed by atoms with Crippen LogP contribution in [0.3, 0.4) is 0 Å². The van der Waals surface area contributed by atoms with E-state index in [9.17, 15) is 14.9 Å². The van der Waals surface area contributed by atoms with Crippen LogP contribution in [0.1, 0.15) is 52.4 Å². The first-order chi connectivity index (χ1) is 14.2. The summed E-state index contributed by atoms with van der Waals surface area (Å²) >= 11 is 0. The Hall–Kier alpha value is -2.15. The van der Waals surface area contributed by atoms with Gasteiger partial charge in [0.25, 0.3) is 5.69 Å². The third-order valence-electron chi connectivity index (χ3n) is 8.00. The standard InChI is InChI=1S/C23H32N4O3/c1-21-10-16-11-22(2,13-21)15-23(12-16,14-21)20(28)25-17-4-3-5-18(27(29)30)19(17)26-8-6-24-7-9-26/h3-5,16,24H,6-15H2,1-2H3,(H,25,28). The normalized spacial score (nSPS) is 37.3. The first kappa shape index (κ1) is 19.8. The smallest absolute Gasteiger partial charge is 0.294 e.